The van der Waals surface area contributed by atoms with E-state index >= 15 is 0 Å². The standard InChI is InChI=1S/C20H23N5O/c1-13(16-8-4-6-15-5-2-3-7-17(15)16)22-9-14-10-23-20-18(19(21)26)11-24-25(20)12-14/h2-8,11,13-14,22-23H,9-10,12H2,1H3,(H2,21,26). The van der Waals surface area contributed by atoms with Gasteiger partial charge in [-0.3, -0.25) is 4.79 Å². The predicted molar refractivity (Wildman–Crippen MR) is 103 cm³/mol. The summed E-state index contributed by atoms with van der Waals surface area (Å²) in [5, 5.41) is 13.8. The third-order valence-corrected chi connectivity index (χ3v) is 5.10. The van der Waals surface area contributed by atoms with Gasteiger partial charge < -0.3 is 16.4 Å². The summed E-state index contributed by atoms with van der Waals surface area (Å²) in [5.41, 5.74) is 7.15. The van der Waals surface area contributed by atoms with Gasteiger partial charge in [0.25, 0.3) is 5.91 Å². The van der Waals surface area contributed by atoms with E-state index < -0.39 is 5.91 Å². The molecule has 6 heteroatoms. The highest BCUT2D eigenvalue weighted by Gasteiger charge is 2.23. The molecule has 2 unspecified atom stereocenters. The predicted octanol–water partition coefficient (Wildman–Crippen LogP) is 2.53. The minimum absolute atomic E-state index is 0.251. The summed E-state index contributed by atoms with van der Waals surface area (Å²) in [4.78, 5) is 11.4. The Hall–Kier alpha value is -2.86. The van der Waals surface area contributed by atoms with Crippen molar-refractivity contribution in [3.05, 3.63) is 59.8 Å². The smallest absolute Gasteiger partial charge is 0.254 e. The van der Waals surface area contributed by atoms with Crippen LogP contribution in [0.15, 0.2) is 48.7 Å². The number of nitrogens with zero attached hydrogens (tertiary/aromatic N) is 2. The van der Waals surface area contributed by atoms with Crippen molar-refractivity contribution in [2.45, 2.75) is 19.5 Å². The fraction of sp³-hybridized carbons (Fsp3) is 0.300. The van der Waals surface area contributed by atoms with Gasteiger partial charge in [-0.15, -0.1) is 0 Å². The molecule has 2 heterocycles. The largest absolute Gasteiger partial charge is 0.369 e. The molecule has 6 nitrogen and oxygen atoms in total. The van der Waals surface area contributed by atoms with Crippen molar-refractivity contribution < 1.29 is 4.79 Å². The SMILES string of the molecule is CC(NCC1CNc2c(C(N)=O)cnn2C1)c1cccc2ccccc12. The first-order chi connectivity index (χ1) is 12.6. The van der Waals surface area contributed by atoms with Gasteiger partial charge in [0.2, 0.25) is 0 Å². The van der Waals surface area contributed by atoms with Gasteiger partial charge in [-0.25, -0.2) is 4.68 Å². The molecular weight excluding hydrogens is 326 g/mol. The maximum absolute atomic E-state index is 11.4. The lowest BCUT2D eigenvalue weighted by Crippen LogP contribution is -2.36. The molecule has 0 saturated heterocycles. The molecule has 1 aliphatic heterocycles. The van der Waals surface area contributed by atoms with Gasteiger partial charge >= 0.3 is 0 Å². The Labute approximate surface area is 152 Å². The Bertz CT molecular complexity index is 943. The van der Waals surface area contributed by atoms with Crippen LogP contribution in [0.4, 0.5) is 5.82 Å². The second kappa shape index (κ2) is 6.80. The summed E-state index contributed by atoms with van der Waals surface area (Å²) in [6.45, 7) is 4.62. The molecule has 1 aromatic heterocycles. The second-order valence-corrected chi connectivity index (χ2v) is 6.90. The molecule has 4 rings (SSSR count). The highest BCUT2D eigenvalue weighted by atomic mass is 16.1. The fourth-order valence-corrected chi connectivity index (χ4v) is 3.66. The number of aromatic nitrogens is 2. The zero-order valence-corrected chi connectivity index (χ0v) is 14.8. The number of nitrogens with one attached hydrogen (secondary N) is 2. The number of primary amides is 1. The van der Waals surface area contributed by atoms with Crippen molar-refractivity contribution in [2.24, 2.45) is 11.7 Å². The van der Waals surface area contributed by atoms with Crippen LogP contribution in [0.3, 0.4) is 0 Å². The number of hydrogen-bond acceptors (Lipinski definition) is 4. The van der Waals surface area contributed by atoms with E-state index in [0.29, 0.717) is 11.5 Å². The number of carbonyl (C=O) groups excluding carboxylic acids is 1. The first-order valence-electron chi connectivity index (χ1n) is 8.94. The van der Waals surface area contributed by atoms with E-state index in [4.69, 9.17) is 5.73 Å². The molecule has 134 valence electrons. The lowest BCUT2D eigenvalue weighted by atomic mass is 9.99. The van der Waals surface area contributed by atoms with Crippen LogP contribution < -0.4 is 16.4 Å². The van der Waals surface area contributed by atoms with Crippen molar-refractivity contribution in [3.8, 4) is 0 Å². The average Bonchev–Trinajstić information content (AvgIpc) is 3.09. The van der Waals surface area contributed by atoms with E-state index in [9.17, 15) is 4.79 Å². The second-order valence-electron chi connectivity index (χ2n) is 6.90. The van der Waals surface area contributed by atoms with Crippen LogP contribution in [0.5, 0.6) is 0 Å². The lowest BCUT2D eigenvalue weighted by molar-refractivity contribution is 0.100. The number of fused-ring (bicyclic) bond motifs is 2. The molecule has 0 spiro atoms. The van der Waals surface area contributed by atoms with E-state index in [2.05, 4.69) is 65.1 Å². The number of anilines is 1. The van der Waals surface area contributed by atoms with Crippen LogP contribution in [-0.4, -0.2) is 28.8 Å². The summed E-state index contributed by atoms with van der Waals surface area (Å²) in [5.74, 6) is 0.677. The van der Waals surface area contributed by atoms with E-state index in [0.717, 1.165) is 25.5 Å². The summed E-state index contributed by atoms with van der Waals surface area (Å²) >= 11 is 0. The van der Waals surface area contributed by atoms with Gasteiger partial charge in [0.15, 0.2) is 0 Å². The highest BCUT2D eigenvalue weighted by Crippen LogP contribution is 2.25. The Morgan fingerprint density at radius 2 is 2.15 bits per heavy atom. The molecule has 3 aromatic rings. The highest BCUT2D eigenvalue weighted by molar-refractivity contribution is 5.97. The molecule has 0 saturated carbocycles. The number of carbonyl (C=O) groups is 1. The third-order valence-electron chi connectivity index (χ3n) is 5.10. The van der Waals surface area contributed by atoms with Gasteiger partial charge in [-0.05, 0) is 23.3 Å². The molecule has 2 aromatic carbocycles. The minimum atomic E-state index is -0.445. The molecule has 0 radical (unpaired) electrons. The Morgan fingerprint density at radius 1 is 1.35 bits per heavy atom. The molecule has 0 aliphatic carbocycles. The van der Waals surface area contributed by atoms with Crippen molar-refractivity contribution in [1.82, 2.24) is 15.1 Å². The van der Waals surface area contributed by atoms with E-state index in [1.165, 1.54) is 16.3 Å². The monoisotopic (exact) mass is 349 g/mol. The van der Waals surface area contributed by atoms with Crippen molar-refractivity contribution >= 4 is 22.5 Å². The summed E-state index contributed by atoms with van der Waals surface area (Å²) in [6.07, 6.45) is 1.54. The topological polar surface area (TPSA) is 85.0 Å². The maximum Gasteiger partial charge on any atom is 0.254 e. The van der Waals surface area contributed by atoms with Crippen molar-refractivity contribution in [1.29, 1.82) is 0 Å². The van der Waals surface area contributed by atoms with Crippen LogP contribution in [0, 0.1) is 5.92 Å². The van der Waals surface area contributed by atoms with Crippen molar-refractivity contribution in [2.75, 3.05) is 18.4 Å². The van der Waals surface area contributed by atoms with Crippen LogP contribution in [0.1, 0.15) is 28.9 Å². The molecular formula is C20H23N5O. The van der Waals surface area contributed by atoms with Crippen LogP contribution >= 0.6 is 0 Å². The average molecular weight is 349 g/mol. The van der Waals surface area contributed by atoms with Gasteiger partial charge in [-0.2, -0.15) is 5.10 Å². The number of nitrogens with two attached hydrogens (primary N) is 1. The Balaban J connectivity index is 1.43. The van der Waals surface area contributed by atoms with Gasteiger partial charge in [0.05, 0.1) is 6.20 Å². The molecule has 2 atom stereocenters. The number of amides is 1. The summed E-state index contributed by atoms with van der Waals surface area (Å²) < 4.78 is 1.83. The third kappa shape index (κ3) is 3.04. The van der Waals surface area contributed by atoms with E-state index in [1.54, 1.807) is 6.20 Å². The van der Waals surface area contributed by atoms with E-state index in [-0.39, 0.29) is 6.04 Å². The Kier molecular flexibility index (Phi) is 4.34. The van der Waals surface area contributed by atoms with Gasteiger partial charge in [0, 0.05) is 31.6 Å². The number of rotatable bonds is 5. The fourth-order valence-electron chi connectivity index (χ4n) is 3.66. The molecule has 1 amide bonds. The van der Waals surface area contributed by atoms with Gasteiger partial charge in [-0.1, -0.05) is 42.5 Å². The molecule has 4 N–H and O–H groups in total. The summed E-state index contributed by atoms with van der Waals surface area (Å²) in [6, 6.07) is 15.2. The molecule has 26 heavy (non-hydrogen) atoms. The molecule has 0 bridgehead atoms. The quantitative estimate of drug-likeness (QED) is 0.661. The zero-order chi connectivity index (χ0) is 18.1. The lowest BCUT2D eigenvalue weighted by Gasteiger charge is -2.27. The Morgan fingerprint density at radius 3 is 3.00 bits per heavy atom. The maximum atomic E-state index is 11.4. The normalized spacial score (nSPS) is 17.5. The summed E-state index contributed by atoms with van der Waals surface area (Å²) in [7, 11) is 0. The van der Waals surface area contributed by atoms with Crippen LogP contribution in [0.2, 0.25) is 0 Å². The zero-order valence-electron chi connectivity index (χ0n) is 14.8. The first-order valence-corrected chi connectivity index (χ1v) is 8.94. The van der Waals surface area contributed by atoms with Crippen LogP contribution in [0.25, 0.3) is 10.8 Å². The number of hydrogen-bond donors (Lipinski definition) is 3. The first kappa shape index (κ1) is 16.6. The van der Waals surface area contributed by atoms with Crippen molar-refractivity contribution in [3.63, 3.8) is 0 Å². The molecule has 1 aliphatic rings. The van der Waals surface area contributed by atoms with Crippen LogP contribution in [-0.2, 0) is 6.54 Å². The number of benzene rings is 2. The van der Waals surface area contributed by atoms with Gasteiger partial charge in [0.1, 0.15) is 11.4 Å². The molecule has 0 fully saturated rings. The minimum Gasteiger partial charge on any atom is -0.369 e. The van der Waals surface area contributed by atoms with E-state index in [1.807, 2.05) is 4.68 Å².